The standard InChI is InChI=1S/C20H30ClN5.HI/c1-14(2)26-10-7-17(8-11-26)25-20(22-3)23-9-6-15-13-24-19-5-4-16(21)12-18(15)19;/h4-5,12-14,17,24H,6-11H2,1-3H3,(H2,22,23,25);1H. The highest BCUT2D eigenvalue weighted by Crippen LogP contribution is 2.22. The van der Waals surface area contributed by atoms with Crippen LogP contribution in [0.15, 0.2) is 29.4 Å². The Labute approximate surface area is 184 Å². The van der Waals surface area contributed by atoms with Gasteiger partial charge < -0.3 is 20.5 Å². The molecule has 0 aliphatic carbocycles. The predicted octanol–water partition coefficient (Wildman–Crippen LogP) is 4.02. The lowest BCUT2D eigenvalue weighted by Gasteiger charge is -2.35. The highest BCUT2D eigenvalue weighted by atomic mass is 127. The van der Waals surface area contributed by atoms with Crippen molar-refractivity contribution in [3.05, 3.63) is 35.0 Å². The Morgan fingerprint density at radius 1 is 1.33 bits per heavy atom. The maximum atomic E-state index is 6.13. The summed E-state index contributed by atoms with van der Waals surface area (Å²) in [6.07, 6.45) is 5.33. The molecule has 1 aromatic heterocycles. The first-order chi connectivity index (χ1) is 12.6. The average molecular weight is 504 g/mol. The fourth-order valence-electron chi connectivity index (χ4n) is 3.62. The SMILES string of the molecule is CN=C(NCCc1c[nH]c2ccc(Cl)cc12)NC1CCN(C(C)C)CC1.I. The van der Waals surface area contributed by atoms with Crippen molar-refractivity contribution in [2.45, 2.75) is 45.2 Å². The maximum absolute atomic E-state index is 6.13. The molecule has 2 heterocycles. The smallest absolute Gasteiger partial charge is 0.191 e. The minimum Gasteiger partial charge on any atom is -0.361 e. The lowest BCUT2D eigenvalue weighted by atomic mass is 10.0. The highest BCUT2D eigenvalue weighted by Gasteiger charge is 2.21. The molecule has 0 radical (unpaired) electrons. The van der Waals surface area contributed by atoms with Gasteiger partial charge in [0.1, 0.15) is 0 Å². The van der Waals surface area contributed by atoms with Crippen LogP contribution in [0.2, 0.25) is 5.02 Å². The Bertz CT molecular complexity index is 750. The van der Waals surface area contributed by atoms with Gasteiger partial charge in [0.05, 0.1) is 0 Å². The van der Waals surface area contributed by atoms with Gasteiger partial charge in [-0.1, -0.05) is 11.6 Å². The molecule has 1 fully saturated rings. The normalized spacial score (nSPS) is 16.6. The van der Waals surface area contributed by atoms with E-state index in [1.165, 1.54) is 23.8 Å². The number of fused-ring (bicyclic) bond motifs is 1. The van der Waals surface area contributed by atoms with Gasteiger partial charge >= 0.3 is 0 Å². The van der Waals surface area contributed by atoms with E-state index in [0.29, 0.717) is 12.1 Å². The number of piperidine rings is 1. The highest BCUT2D eigenvalue weighted by molar-refractivity contribution is 14.0. The molecule has 0 amide bonds. The van der Waals surface area contributed by atoms with Crippen molar-refractivity contribution in [2.75, 3.05) is 26.7 Å². The molecule has 150 valence electrons. The predicted molar refractivity (Wildman–Crippen MR) is 127 cm³/mol. The molecule has 27 heavy (non-hydrogen) atoms. The van der Waals surface area contributed by atoms with Crippen molar-refractivity contribution >= 4 is 52.4 Å². The molecule has 0 bridgehead atoms. The van der Waals surface area contributed by atoms with Gasteiger partial charge in [-0.15, -0.1) is 24.0 Å². The minimum atomic E-state index is 0. The maximum Gasteiger partial charge on any atom is 0.191 e. The first kappa shape index (κ1) is 22.3. The zero-order valence-electron chi connectivity index (χ0n) is 16.4. The molecular weight excluding hydrogens is 473 g/mol. The molecule has 0 spiro atoms. The minimum absolute atomic E-state index is 0. The molecule has 7 heteroatoms. The van der Waals surface area contributed by atoms with E-state index in [-0.39, 0.29) is 24.0 Å². The molecule has 2 aromatic rings. The number of nitrogens with zero attached hydrogens (tertiary/aromatic N) is 2. The van der Waals surface area contributed by atoms with Crippen LogP contribution in [0, 0.1) is 0 Å². The van der Waals surface area contributed by atoms with Crippen LogP contribution in [-0.2, 0) is 6.42 Å². The van der Waals surface area contributed by atoms with Crippen LogP contribution in [0.5, 0.6) is 0 Å². The number of aromatic amines is 1. The van der Waals surface area contributed by atoms with E-state index in [2.05, 4.69) is 45.6 Å². The van der Waals surface area contributed by atoms with Gasteiger partial charge in [-0.25, -0.2) is 0 Å². The van der Waals surface area contributed by atoms with Gasteiger partial charge in [0.2, 0.25) is 0 Å². The van der Waals surface area contributed by atoms with E-state index >= 15 is 0 Å². The molecule has 0 atom stereocenters. The van der Waals surface area contributed by atoms with Crippen molar-refractivity contribution in [3.63, 3.8) is 0 Å². The Kier molecular flexibility index (Phi) is 8.69. The van der Waals surface area contributed by atoms with E-state index in [1.54, 1.807) is 0 Å². The molecule has 3 rings (SSSR count). The Morgan fingerprint density at radius 3 is 2.74 bits per heavy atom. The number of aliphatic imine (C=N–C) groups is 1. The summed E-state index contributed by atoms with van der Waals surface area (Å²) >= 11 is 6.13. The van der Waals surface area contributed by atoms with Crippen molar-refractivity contribution in [1.82, 2.24) is 20.5 Å². The number of hydrogen-bond acceptors (Lipinski definition) is 2. The third-order valence-corrected chi connectivity index (χ3v) is 5.48. The summed E-state index contributed by atoms with van der Waals surface area (Å²) in [7, 11) is 1.84. The van der Waals surface area contributed by atoms with Gasteiger partial charge in [0, 0.05) is 60.9 Å². The summed E-state index contributed by atoms with van der Waals surface area (Å²) in [5, 5.41) is 8.99. The number of aromatic nitrogens is 1. The van der Waals surface area contributed by atoms with E-state index < -0.39 is 0 Å². The van der Waals surface area contributed by atoms with E-state index in [4.69, 9.17) is 11.6 Å². The summed E-state index contributed by atoms with van der Waals surface area (Å²) in [5.74, 6) is 0.894. The molecule has 1 saturated heterocycles. The number of benzene rings is 1. The van der Waals surface area contributed by atoms with Gasteiger partial charge in [0.25, 0.3) is 0 Å². The molecule has 0 unspecified atom stereocenters. The largest absolute Gasteiger partial charge is 0.361 e. The Balaban J connectivity index is 0.00000261. The monoisotopic (exact) mass is 503 g/mol. The van der Waals surface area contributed by atoms with Crippen LogP contribution in [0.25, 0.3) is 10.9 Å². The second kappa shape index (κ2) is 10.5. The number of guanidine groups is 1. The molecule has 1 aliphatic heterocycles. The first-order valence-electron chi connectivity index (χ1n) is 9.53. The number of halogens is 2. The van der Waals surface area contributed by atoms with Crippen LogP contribution in [0.1, 0.15) is 32.3 Å². The van der Waals surface area contributed by atoms with Crippen LogP contribution in [0.4, 0.5) is 0 Å². The van der Waals surface area contributed by atoms with Crippen LogP contribution < -0.4 is 10.6 Å². The van der Waals surface area contributed by atoms with Gasteiger partial charge in [0.15, 0.2) is 5.96 Å². The fourth-order valence-corrected chi connectivity index (χ4v) is 3.79. The Hall–Kier alpha value is -0.990. The number of H-pyrrole nitrogens is 1. The lowest BCUT2D eigenvalue weighted by Crippen LogP contribution is -2.50. The quantitative estimate of drug-likeness (QED) is 0.328. The average Bonchev–Trinajstić information content (AvgIpc) is 3.03. The fraction of sp³-hybridized carbons (Fsp3) is 0.550. The third-order valence-electron chi connectivity index (χ3n) is 5.24. The van der Waals surface area contributed by atoms with E-state index in [0.717, 1.165) is 42.6 Å². The molecule has 1 aliphatic rings. The van der Waals surface area contributed by atoms with Gasteiger partial charge in [-0.3, -0.25) is 4.99 Å². The molecule has 3 N–H and O–H groups in total. The third kappa shape index (κ3) is 5.99. The van der Waals surface area contributed by atoms with Crippen molar-refractivity contribution < 1.29 is 0 Å². The van der Waals surface area contributed by atoms with Gasteiger partial charge in [-0.05, 0) is 56.9 Å². The van der Waals surface area contributed by atoms with Gasteiger partial charge in [-0.2, -0.15) is 0 Å². The zero-order valence-corrected chi connectivity index (χ0v) is 19.5. The van der Waals surface area contributed by atoms with Crippen LogP contribution in [-0.4, -0.2) is 54.6 Å². The first-order valence-corrected chi connectivity index (χ1v) is 9.91. The summed E-state index contributed by atoms with van der Waals surface area (Å²) in [5.41, 5.74) is 2.40. The zero-order chi connectivity index (χ0) is 18.5. The van der Waals surface area contributed by atoms with Crippen molar-refractivity contribution in [2.24, 2.45) is 4.99 Å². The van der Waals surface area contributed by atoms with Crippen LogP contribution >= 0.6 is 35.6 Å². The van der Waals surface area contributed by atoms with Crippen LogP contribution in [0.3, 0.4) is 0 Å². The topological polar surface area (TPSA) is 55.5 Å². The summed E-state index contributed by atoms with van der Waals surface area (Å²) < 4.78 is 0. The second-order valence-electron chi connectivity index (χ2n) is 7.30. The van der Waals surface area contributed by atoms with Crippen molar-refractivity contribution in [1.29, 1.82) is 0 Å². The summed E-state index contributed by atoms with van der Waals surface area (Å²) in [4.78, 5) is 10.2. The summed E-state index contributed by atoms with van der Waals surface area (Å²) in [6, 6.07) is 7.11. The molecule has 1 aromatic carbocycles. The Morgan fingerprint density at radius 2 is 2.07 bits per heavy atom. The molecule has 0 saturated carbocycles. The number of rotatable bonds is 5. The van der Waals surface area contributed by atoms with E-state index in [1.807, 2.05) is 25.2 Å². The second-order valence-corrected chi connectivity index (χ2v) is 7.74. The van der Waals surface area contributed by atoms with Crippen molar-refractivity contribution in [3.8, 4) is 0 Å². The molecular formula is C20H31ClIN5. The molecule has 5 nitrogen and oxygen atoms in total. The number of nitrogens with one attached hydrogen (secondary N) is 3. The summed E-state index contributed by atoms with van der Waals surface area (Å²) in [6.45, 7) is 7.69. The number of hydrogen-bond donors (Lipinski definition) is 3. The van der Waals surface area contributed by atoms with E-state index in [9.17, 15) is 0 Å². The number of likely N-dealkylation sites (tertiary alicyclic amines) is 1. The lowest BCUT2D eigenvalue weighted by molar-refractivity contribution is 0.167.